The molecule has 0 aromatic carbocycles. The predicted molar refractivity (Wildman–Crippen MR) is 45.5 cm³/mol. The maximum Gasteiger partial charge on any atom is 0.0579 e. The van der Waals surface area contributed by atoms with E-state index in [1.165, 1.54) is 5.01 Å². The van der Waals surface area contributed by atoms with Crippen LogP contribution in [-0.4, -0.2) is 23.4 Å². The zero-order chi connectivity index (χ0) is 9.14. The van der Waals surface area contributed by atoms with Crippen LogP contribution < -0.4 is 0 Å². The van der Waals surface area contributed by atoms with Crippen LogP contribution >= 0.6 is 0 Å². The molecule has 1 saturated heterocycles. The maximum absolute atomic E-state index is 10.8. The van der Waals surface area contributed by atoms with E-state index in [4.69, 9.17) is 0 Å². The van der Waals surface area contributed by atoms with Gasteiger partial charge in [-0.25, -0.2) is 5.01 Å². The fraction of sp³-hybridized carbons (Fsp3) is 1.00. The average molecular weight is 172 g/mol. The van der Waals surface area contributed by atoms with Crippen LogP contribution in [0, 0.1) is 22.0 Å². The van der Waals surface area contributed by atoms with E-state index in [1.54, 1.807) is 0 Å². The van der Waals surface area contributed by atoms with Gasteiger partial charge >= 0.3 is 0 Å². The summed E-state index contributed by atoms with van der Waals surface area (Å²) in [5.41, 5.74) is 0. The van der Waals surface area contributed by atoms with E-state index in [1.807, 2.05) is 0 Å². The van der Waals surface area contributed by atoms with Gasteiger partial charge in [-0.05, 0) is 18.3 Å². The van der Waals surface area contributed by atoms with E-state index < -0.39 is 0 Å². The van der Waals surface area contributed by atoms with E-state index in [0.717, 1.165) is 6.42 Å². The third-order valence-corrected chi connectivity index (χ3v) is 2.16. The van der Waals surface area contributed by atoms with Crippen LogP contribution in [0.15, 0.2) is 5.29 Å². The molecule has 0 N–H and O–H groups in total. The molecule has 70 valence electrons. The van der Waals surface area contributed by atoms with E-state index in [0.29, 0.717) is 24.9 Å². The van der Waals surface area contributed by atoms with Crippen molar-refractivity contribution in [3.05, 3.63) is 10.1 Å². The first kappa shape index (κ1) is 9.41. The Labute approximate surface area is 71.8 Å². The largest absolute Gasteiger partial charge is 0.724 e. The molecule has 1 fully saturated rings. The molecule has 0 spiro atoms. The number of hydrogen-bond acceptors (Lipinski definition) is 4. The van der Waals surface area contributed by atoms with Crippen molar-refractivity contribution in [1.82, 2.24) is 10.3 Å². The molecule has 1 rings (SSSR count). The Morgan fingerprint density at radius 3 is 2.33 bits per heavy atom. The van der Waals surface area contributed by atoms with Gasteiger partial charge in [-0.3, -0.25) is 5.28 Å². The van der Waals surface area contributed by atoms with Crippen molar-refractivity contribution in [2.75, 3.05) is 13.1 Å². The monoisotopic (exact) mass is 172 g/mol. The molecule has 0 amide bonds. The lowest BCUT2D eigenvalue weighted by Gasteiger charge is -2.41. The molecule has 2 atom stereocenters. The summed E-state index contributed by atoms with van der Waals surface area (Å²) in [6.45, 7) is 5.42. The highest BCUT2D eigenvalue weighted by atomic mass is 16.6. The number of rotatable bonds is 2. The number of hydrazine groups is 1. The average Bonchev–Trinajstić information content (AvgIpc) is 2.01. The molecule has 12 heavy (non-hydrogen) atoms. The Morgan fingerprint density at radius 2 is 1.92 bits per heavy atom. The fourth-order valence-electron chi connectivity index (χ4n) is 1.82. The van der Waals surface area contributed by atoms with Crippen LogP contribution in [0.4, 0.5) is 0 Å². The summed E-state index contributed by atoms with van der Waals surface area (Å²) >= 11 is 0. The van der Waals surface area contributed by atoms with Gasteiger partial charge in [0.25, 0.3) is 0 Å². The number of nitrogens with zero attached hydrogens (tertiary/aromatic N) is 3. The highest BCUT2D eigenvalue weighted by Crippen LogP contribution is 2.21. The lowest BCUT2D eigenvalue weighted by Crippen LogP contribution is -2.44. The lowest BCUT2D eigenvalue weighted by atomic mass is 9.93. The molecule has 0 aromatic rings. The van der Waals surface area contributed by atoms with Crippen LogP contribution in [0.2, 0.25) is 0 Å². The molecule has 0 bridgehead atoms. The normalized spacial score (nSPS) is 31.6. The zero-order valence-corrected chi connectivity index (χ0v) is 7.43. The number of piperidine rings is 1. The molecular formula is C7H14N3O2-. The molecule has 0 radical (unpaired) electrons. The van der Waals surface area contributed by atoms with Gasteiger partial charge in [0.2, 0.25) is 0 Å². The summed E-state index contributed by atoms with van der Waals surface area (Å²) in [7, 11) is 0. The topological polar surface area (TPSA) is 59.0 Å². The van der Waals surface area contributed by atoms with Crippen LogP contribution in [0.1, 0.15) is 20.3 Å². The number of nitroso groups, excluding NO2 is 1. The smallest absolute Gasteiger partial charge is 0.0579 e. The van der Waals surface area contributed by atoms with Crippen molar-refractivity contribution in [3.63, 3.8) is 0 Å². The summed E-state index contributed by atoms with van der Waals surface area (Å²) in [6, 6.07) is 0. The minimum atomic E-state index is 0.159. The first-order chi connectivity index (χ1) is 5.63. The molecule has 5 nitrogen and oxygen atoms in total. The molecule has 1 aliphatic rings. The molecule has 1 aliphatic heterocycles. The van der Waals surface area contributed by atoms with Gasteiger partial charge in [0, 0.05) is 13.1 Å². The summed E-state index contributed by atoms with van der Waals surface area (Å²) in [6.07, 6.45) is 1.11. The Morgan fingerprint density at radius 1 is 1.42 bits per heavy atom. The van der Waals surface area contributed by atoms with Crippen molar-refractivity contribution in [2.45, 2.75) is 20.3 Å². The van der Waals surface area contributed by atoms with Crippen molar-refractivity contribution in [1.29, 1.82) is 0 Å². The molecular weight excluding hydrogens is 158 g/mol. The Hall–Kier alpha value is -0.680. The van der Waals surface area contributed by atoms with Gasteiger partial charge in [-0.2, -0.15) is 0 Å². The Bertz CT molecular complexity index is 155. The van der Waals surface area contributed by atoms with E-state index >= 15 is 0 Å². The van der Waals surface area contributed by atoms with Gasteiger partial charge in [-0.1, -0.05) is 13.8 Å². The third kappa shape index (κ3) is 2.15. The highest BCUT2D eigenvalue weighted by molar-refractivity contribution is 4.72. The third-order valence-electron chi connectivity index (χ3n) is 2.16. The minimum Gasteiger partial charge on any atom is -0.724 e. The fourth-order valence-corrected chi connectivity index (χ4v) is 1.82. The zero-order valence-electron chi connectivity index (χ0n) is 7.43. The van der Waals surface area contributed by atoms with Crippen LogP contribution in [0.25, 0.3) is 0 Å². The van der Waals surface area contributed by atoms with Gasteiger partial charge in [-0.15, -0.1) is 4.91 Å². The molecule has 2 unspecified atom stereocenters. The second-order valence-corrected chi connectivity index (χ2v) is 3.65. The van der Waals surface area contributed by atoms with Crippen molar-refractivity contribution >= 4 is 0 Å². The van der Waals surface area contributed by atoms with Crippen LogP contribution in [-0.2, 0) is 0 Å². The standard InChI is InChI=1S/C7H14N3O2/c1-6-3-7(2)5-9(4-6)10(12)8-11/h6-7H,3-5H2,1-2H3/q-1. The van der Waals surface area contributed by atoms with Gasteiger partial charge in [0.1, 0.15) is 0 Å². The van der Waals surface area contributed by atoms with Crippen LogP contribution in [0.5, 0.6) is 0 Å². The molecule has 0 aliphatic carbocycles. The summed E-state index contributed by atoms with van der Waals surface area (Å²) in [4.78, 5) is 9.94. The van der Waals surface area contributed by atoms with Crippen molar-refractivity contribution in [2.24, 2.45) is 17.1 Å². The first-order valence-electron chi connectivity index (χ1n) is 4.19. The Kier molecular flexibility index (Phi) is 2.99. The van der Waals surface area contributed by atoms with Crippen LogP contribution in [0.3, 0.4) is 0 Å². The van der Waals surface area contributed by atoms with Gasteiger partial charge in [0.05, 0.1) is 5.29 Å². The Balaban J connectivity index is 2.48. The maximum atomic E-state index is 10.8. The number of hydrogen-bond donors (Lipinski definition) is 0. The SMILES string of the molecule is CC1CC(C)CN(N([O-])N=O)C1. The molecule has 0 saturated carbocycles. The predicted octanol–water partition coefficient (Wildman–Crippen LogP) is 1.36. The molecule has 0 aromatic heterocycles. The molecule has 1 heterocycles. The summed E-state index contributed by atoms with van der Waals surface area (Å²) in [5.74, 6) is 0.930. The minimum absolute atomic E-state index is 0.159. The van der Waals surface area contributed by atoms with E-state index in [-0.39, 0.29) is 5.28 Å². The van der Waals surface area contributed by atoms with Crippen molar-refractivity contribution < 1.29 is 0 Å². The van der Waals surface area contributed by atoms with Crippen molar-refractivity contribution in [3.8, 4) is 0 Å². The van der Waals surface area contributed by atoms with E-state index in [2.05, 4.69) is 19.1 Å². The summed E-state index contributed by atoms with van der Waals surface area (Å²) < 4.78 is 0. The second-order valence-electron chi connectivity index (χ2n) is 3.65. The highest BCUT2D eigenvalue weighted by Gasteiger charge is 2.22. The van der Waals surface area contributed by atoms with Gasteiger partial charge in [0.15, 0.2) is 0 Å². The first-order valence-corrected chi connectivity index (χ1v) is 4.19. The van der Waals surface area contributed by atoms with Gasteiger partial charge < -0.3 is 5.21 Å². The molecule has 5 heteroatoms. The quantitative estimate of drug-likeness (QED) is 0.466. The summed E-state index contributed by atoms with van der Waals surface area (Å²) in [5, 5.41) is 14.8. The van der Waals surface area contributed by atoms with E-state index in [9.17, 15) is 10.1 Å². The second kappa shape index (κ2) is 3.82. The lowest BCUT2D eigenvalue weighted by molar-refractivity contribution is -0.0310.